The van der Waals surface area contributed by atoms with Crippen LogP contribution in [0.2, 0.25) is 0 Å². The van der Waals surface area contributed by atoms with Crippen LogP contribution >= 0.6 is 0 Å². The predicted octanol–water partition coefficient (Wildman–Crippen LogP) is 1.15. The SMILES string of the molecule is CC(Cc1ncc[nH]1)C(C=O)N(C(=O)O)N1CCCC1. The van der Waals surface area contributed by atoms with E-state index in [0.29, 0.717) is 19.5 Å². The van der Waals surface area contributed by atoms with Gasteiger partial charge in [0, 0.05) is 31.9 Å². The number of aromatic nitrogens is 2. The van der Waals surface area contributed by atoms with Crippen molar-refractivity contribution in [1.29, 1.82) is 0 Å². The number of hydrogen-bond donors (Lipinski definition) is 2. The normalized spacial score (nSPS) is 18.6. The zero-order valence-electron chi connectivity index (χ0n) is 11.5. The second-order valence-corrected chi connectivity index (χ2v) is 5.13. The molecule has 0 spiro atoms. The molecule has 7 nitrogen and oxygen atoms in total. The maximum atomic E-state index is 11.5. The van der Waals surface area contributed by atoms with Crippen molar-refractivity contribution in [3.05, 3.63) is 18.2 Å². The fraction of sp³-hybridized carbons (Fsp3) is 0.615. The Hall–Kier alpha value is -1.89. The average Bonchev–Trinajstić information content (AvgIpc) is 3.07. The van der Waals surface area contributed by atoms with E-state index in [-0.39, 0.29) is 5.92 Å². The molecule has 0 radical (unpaired) electrons. The van der Waals surface area contributed by atoms with Crippen molar-refractivity contribution >= 4 is 12.4 Å². The molecule has 1 aromatic rings. The molecule has 0 aliphatic carbocycles. The quantitative estimate of drug-likeness (QED) is 0.763. The van der Waals surface area contributed by atoms with Crippen LogP contribution in [0, 0.1) is 5.92 Å². The summed E-state index contributed by atoms with van der Waals surface area (Å²) in [6.45, 7) is 3.24. The molecule has 2 heterocycles. The Morgan fingerprint density at radius 2 is 2.30 bits per heavy atom. The van der Waals surface area contributed by atoms with Gasteiger partial charge in [0.1, 0.15) is 18.2 Å². The van der Waals surface area contributed by atoms with Gasteiger partial charge in [0.2, 0.25) is 0 Å². The summed E-state index contributed by atoms with van der Waals surface area (Å²) in [5.74, 6) is 0.617. The first-order chi connectivity index (χ1) is 9.63. The van der Waals surface area contributed by atoms with Crippen LogP contribution in [0.15, 0.2) is 12.4 Å². The van der Waals surface area contributed by atoms with Crippen LogP contribution in [-0.4, -0.2) is 56.6 Å². The van der Waals surface area contributed by atoms with Crippen molar-refractivity contribution in [2.45, 2.75) is 32.2 Å². The number of carboxylic acid groups (broad SMARTS) is 1. The third kappa shape index (κ3) is 3.16. The number of carbonyl (C=O) groups is 2. The van der Waals surface area contributed by atoms with E-state index in [1.54, 1.807) is 17.4 Å². The number of rotatable bonds is 6. The maximum Gasteiger partial charge on any atom is 0.422 e. The highest BCUT2D eigenvalue weighted by atomic mass is 16.4. The molecule has 0 aromatic carbocycles. The molecule has 2 atom stereocenters. The van der Waals surface area contributed by atoms with Gasteiger partial charge in [0.05, 0.1) is 0 Å². The zero-order chi connectivity index (χ0) is 14.5. The first-order valence-electron chi connectivity index (χ1n) is 6.84. The summed E-state index contributed by atoms with van der Waals surface area (Å²) in [6, 6.07) is -0.685. The number of aromatic amines is 1. The summed E-state index contributed by atoms with van der Waals surface area (Å²) < 4.78 is 0. The van der Waals surface area contributed by atoms with Gasteiger partial charge in [-0.15, -0.1) is 0 Å². The Kier molecular flexibility index (Phi) is 4.73. The lowest BCUT2D eigenvalue weighted by molar-refractivity contribution is -0.121. The van der Waals surface area contributed by atoms with Gasteiger partial charge in [-0.25, -0.2) is 19.8 Å². The van der Waals surface area contributed by atoms with Gasteiger partial charge in [0.25, 0.3) is 0 Å². The molecule has 2 rings (SSSR count). The van der Waals surface area contributed by atoms with Crippen LogP contribution in [-0.2, 0) is 11.2 Å². The van der Waals surface area contributed by atoms with Crippen molar-refractivity contribution in [2.24, 2.45) is 5.92 Å². The van der Waals surface area contributed by atoms with Crippen LogP contribution < -0.4 is 0 Å². The minimum Gasteiger partial charge on any atom is -0.464 e. The van der Waals surface area contributed by atoms with E-state index in [4.69, 9.17) is 0 Å². The Bertz CT molecular complexity index is 442. The molecule has 0 bridgehead atoms. The third-order valence-electron chi connectivity index (χ3n) is 3.66. The first-order valence-corrected chi connectivity index (χ1v) is 6.84. The summed E-state index contributed by atoms with van der Waals surface area (Å²) in [4.78, 5) is 30.0. The summed E-state index contributed by atoms with van der Waals surface area (Å²) in [7, 11) is 0. The molecule has 2 unspecified atom stereocenters. The molecular formula is C13H20N4O3. The van der Waals surface area contributed by atoms with Gasteiger partial charge >= 0.3 is 6.09 Å². The lowest BCUT2D eigenvalue weighted by atomic mass is 9.98. The second kappa shape index (κ2) is 6.51. The summed E-state index contributed by atoms with van der Waals surface area (Å²) in [5.41, 5.74) is 0. The molecule has 1 amide bonds. The zero-order valence-corrected chi connectivity index (χ0v) is 11.5. The van der Waals surface area contributed by atoms with Crippen molar-refractivity contribution in [3.8, 4) is 0 Å². The van der Waals surface area contributed by atoms with Crippen molar-refractivity contribution < 1.29 is 14.7 Å². The Labute approximate surface area is 117 Å². The molecule has 1 fully saturated rings. The summed E-state index contributed by atoms with van der Waals surface area (Å²) >= 11 is 0. The molecular weight excluding hydrogens is 260 g/mol. The van der Waals surface area contributed by atoms with Gasteiger partial charge in [-0.3, -0.25) is 0 Å². The van der Waals surface area contributed by atoms with E-state index in [0.717, 1.165) is 25.0 Å². The molecule has 1 aliphatic rings. The van der Waals surface area contributed by atoms with Crippen molar-refractivity contribution in [3.63, 3.8) is 0 Å². The topological polar surface area (TPSA) is 89.5 Å². The van der Waals surface area contributed by atoms with E-state index < -0.39 is 12.1 Å². The number of aldehydes is 1. The van der Waals surface area contributed by atoms with E-state index in [9.17, 15) is 14.7 Å². The average molecular weight is 280 g/mol. The van der Waals surface area contributed by atoms with Crippen LogP contribution in [0.3, 0.4) is 0 Å². The molecule has 7 heteroatoms. The van der Waals surface area contributed by atoms with Gasteiger partial charge in [-0.2, -0.15) is 0 Å². The molecule has 1 saturated heterocycles. The van der Waals surface area contributed by atoms with Gasteiger partial charge < -0.3 is 14.9 Å². The number of nitrogens with zero attached hydrogens (tertiary/aromatic N) is 3. The highest BCUT2D eigenvalue weighted by Crippen LogP contribution is 2.20. The minimum atomic E-state index is -1.07. The third-order valence-corrected chi connectivity index (χ3v) is 3.66. The summed E-state index contributed by atoms with van der Waals surface area (Å²) in [6.07, 6.45) is 5.47. The van der Waals surface area contributed by atoms with Gasteiger partial charge in [0.15, 0.2) is 0 Å². The number of H-pyrrole nitrogens is 1. The van der Waals surface area contributed by atoms with E-state index in [2.05, 4.69) is 9.97 Å². The lowest BCUT2D eigenvalue weighted by Crippen LogP contribution is -2.53. The highest BCUT2D eigenvalue weighted by Gasteiger charge is 2.34. The fourth-order valence-electron chi connectivity index (χ4n) is 2.62. The molecule has 110 valence electrons. The van der Waals surface area contributed by atoms with Crippen molar-refractivity contribution in [1.82, 2.24) is 20.0 Å². The molecule has 20 heavy (non-hydrogen) atoms. The lowest BCUT2D eigenvalue weighted by Gasteiger charge is -2.35. The van der Waals surface area contributed by atoms with Gasteiger partial charge in [-0.1, -0.05) is 6.92 Å². The molecule has 1 aromatic heterocycles. The number of amides is 1. The standard InChI is InChI=1S/C13H20N4O3/c1-10(8-12-14-4-5-15-12)11(9-18)17(13(19)20)16-6-2-3-7-16/h4-5,9-11H,2-3,6-8H2,1H3,(H,14,15)(H,19,20). The Balaban J connectivity index is 2.10. The van der Waals surface area contributed by atoms with E-state index >= 15 is 0 Å². The van der Waals surface area contributed by atoms with Crippen LogP contribution in [0.4, 0.5) is 4.79 Å². The number of nitrogens with one attached hydrogen (secondary N) is 1. The monoisotopic (exact) mass is 280 g/mol. The van der Waals surface area contributed by atoms with Gasteiger partial charge in [-0.05, 0) is 18.8 Å². The van der Waals surface area contributed by atoms with Crippen LogP contribution in [0.5, 0.6) is 0 Å². The van der Waals surface area contributed by atoms with E-state index in [1.807, 2.05) is 6.92 Å². The van der Waals surface area contributed by atoms with E-state index in [1.165, 1.54) is 5.01 Å². The summed E-state index contributed by atoms with van der Waals surface area (Å²) in [5, 5.41) is 12.4. The largest absolute Gasteiger partial charge is 0.464 e. The maximum absolute atomic E-state index is 11.5. The number of carbonyl (C=O) groups excluding carboxylic acids is 1. The molecule has 1 aliphatic heterocycles. The number of imidazole rings is 1. The number of hydrazine groups is 1. The first kappa shape index (κ1) is 14.5. The molecule has 2 N–H and O–H groups in total. The van der Waals surface area contributed by atoms with Crippen LogP contribution in [0.25, 0.3) is 0 Å². The molecule has 0 saturated carbocycles. The number of hydrogen-bond acceptors (Lipinski definition) is 4. The smallest absolute Gasteiger partial charge is 0.422 e. The minimum absolute atomic E-state index is 0.143. The van der Waals surface area contributed by atoms with Crippen LogP contribution in [0.1, 0.15) is 25.6 Å². The second-order valence-electron chi connectivity index (χ2n) is 5.13. The Morgan fingerprint density at radius 3 is 2.80 bits per heavy atom. The highest BCUT2D eigenvalue weighted by molar-refractivity contribution is 5.71. The van der Waals surface area contributed by atoms with Crippen molar-refractivity contribution in [2.75, 3.05) is 13.1 Å². The Morgan fingerprint density at radius 1 is 1.60 bits per heavy atom. The predicted molar refractivity (Wildman–Crippen MR) is 72.0 cm³/mol. The fourth-order valence-corrected chi connectivity index (χ4v) is 2.62.